The Morgan fingerprint density at radius 1 is 0.844 bits per heavy atom. The van der Waals surface area contributed by atoms with Gasteiger partial charge in [0.2, 0.25) is 6.79 Å². The Bertz CT molecular complexity index is 1300. The Labute approximate surface area is 187 Å². The molecule has 2 aromatic carbocycles. The van der Waals surface area contributed by atoms with Crippen molar-refractivity contribution >= 4 is 34.5 Å². The van der Waals surface area contributed by atoms with Crippen LogP contribution in [0.25, 0.3) is 22.3 Å². The maximum absolute atomic E-state index is 12.9. The van der Waals surface area contributed by atoms with Gasteiger partial charge in [-0.05, 0) is 48.5 Å². The van der Waals surface area contributed by atoms with Crippen LogP contribution in [-0.2, 0) is 0 Å². The second-order valence-corrected chi connectivity index (χ2v) is 8.12. The first-order valence-electron chi connectivity index (χ1n) is 10.2. The lowest BCUT2D eigenvalue weighted by Gasteiger charge is -2.35. The van der Waals surface area contributed by atoms with Crippen LogP contribution in [0.5, 0.6) is 11.5 Å². The number of amides is 1. The summed E-state index contributed by atoms with van der Waals surface area (Å²) in [4.78, 5) is 16.9. The van der Waals surface area contributed by atoms with E-state index >= 15 is 0 Å². The zero-order chi connectivity index (χ0) is 21.5. The van der Waals surface area contributed by atoms with E-state index in [1.165, 1.54) is 0 Å². The summed E-state index contributed by atoms with van der Waals surface area (Å²) in [5.74, 6) is 2.29. The second kappa shape index (κ2) is 7.72. The van der Waals surface area contributed by atoms with Crippen LogP contribution in [0.2, 0.25) is 0 Å². The number of fused-ring (bicyclic) bond motifs is 2. The molecule has 0 atom stereocenters. The van der Waals surface area contributed by atoms with Gasteiger partial charge in [0.15, 0.2) is 17.3 Å². The number of piperazine rings is 1. The number of nitrogens with zero attached hydrogens (tertiary/aromatic N) is 6. The van der Waals surface area contributed by atoms with E-state index in [0.29, 0.717) is 31.7 Å². The molecule has 0 saturated carbocycles. The van der Waals surface area contributed by atoms with Crippen LogP contribution in [0, 0.1) is 0 Å². The van der Waals surface area contributed by atoms with Gasteiger partial charge in [-0.15, -0.1) is 10.2 Å². The van der Waals surface area contributed by atoms with Crippen molar-refractivity contribution in [2.75, 3.05) is 37.9 Å². The van der Waals surface area contributed by atoms with E-state index in [0.717, 1.165) is 51.3 Å². The maximum atomic E-state index is 12.9. The van der Waals surface area contributed by atoms with Crippen molar-refractivity contribution in [3.05, 3.63) is 54.1 Å². The van der Waals surface area contributed by atoms with Crippen LogP contribution < -0.4 is 14.4 Å². The first-order valence-corrected chi connectivity index (χ1v) is 11.0. The molecule has 2 aliphatic heterocycles. The minimum absolute atomic E-state index is 0.0174. The molecule has 1 fully saturated rings. The van der Waals surface area contributed by atoms with Gasteiger partial charge in [0.25, 0.3) is 5.91 Å². The molecule has 160 valence electrons. The molecule has 0 bridgehead atoms. The van der Waals surface area contributed by atoms with Crippen LogP contribution in [0.1, 0.15) is 10.4 Å². The summed E-state index contributed by atoms with van der Waals surface area (Å²) < 4.78 is 19.2. The van der Waals surface area contributed by atoms with Crippen LogP contribution in [0.3, 0.4) is 0 Å². The number of benzene rings is 2. The minimum atomic E-state index is 0.0174. The van der Waals surface area contributed by atoms with Crippen molar-refractivity contribution in [3.63, 3.8) is 0 Å². The molecular formula is C22H18N6O3S. The lowest BCUT2D eigenvalue weighted by Crippen LogP contribution is -2.49. The third-order valence-electron chi connectivity index (χ3n) is 5.71. The van der Waals surface area contributed by atoms with E-state index in [-0.39, 0.29) is 12.7 Å². The van der Waals surface area contributed by atoms with Gasteiger partial charge in [-0.3, -0.25) is 4.79 Å². The highest BCUT2D eigenvalue weighted by atomic mass is 32.1. The molecule has 6 rings (SSSR count). The molecule has 1 amide bonds. The smallest absolute Gasteiger partial charge is 0.254 e. The lowest BCUT2D eigenvalue weighted by atomic mass is 10.1. The minimum Gasteiger partial charge on any atom is -0.454 e. The number of carbonyl (C=O) groups is 1. The van der Waals surface area contributed by atoms with Gasteiger partial charge in [-0.25, -0.2) is 0 Å². The summed E-state index contributed by atoms with van der Waals surface area (Å²) in [7, 11) is 0. The summed E-state index contributed by atoms with van der Waals surface area (Å²) in [6, 6.07) is 15.1. The average molecular weight is 446 g/mol. The fourth-order valence-corrected chi connectivity index (χ4v) is 4.46. The maximum Gasteiger partial charge on any atom is 0.254 e. The Hall–Kier alpha value is -3.79. The van der Waals surface area contributed by atoms with Gasteiger partial charge in [-0.1, -0.05) is 0 Å². The van der Waals surface area contributed by atoms with E-state index in [2.05, 4.69) is 23.8 Å². The quantitative estimate of drug-likeness (QED) is 0.474. The van der Waals surface area contributed by atoms with Gasteiger partial charge in [0.05, 0.1) is 17.4 Å². The number of rotatable bonds is 3. The Morgan fingerprint density at radius 3 is 2.53 bits per heavy atom. The molecule has 0 N–H and O–H groups in total. The molecule has 0 unspecified atom stereocenters. The molecule has 0 aliphatic carbocycles. The van der Waals surface area contributed by atoms with Crippen LogP contribution in [0.4, 0.5) is 5.82 Å². The zero-order valence-corrected chi connectivity index (χ0v) is 17.8. The van der Waals surface area contributed by atoms with Gasteiger partial charge in [-0.2, -0.15) is 8.75 Å². The lowest BCUT2D eigenvalue weighted by molar-refractivity contribution is 0.0746. The average Bonchev–Trinajstić information content (AvgIpc) is 3.52. The number of carbonyl (C=O) groups excluding carboxylic acids is 1. The molecule has 4 aromatic rings. The molecule has 0 radical (unpaired) electrons. The normalized spacial score (nSPS) is 15.4. The standard InChI is InChI=1S/C22H18N6O3S/c29-22(15-1-3-17-18(11-15)26-32-25-17)28-9-7-27(8-10-28)21-6-4-16(23-24-21)14-2-5-19-20(12-14)31-13-30-19/h1-6,11-12H,7-10,13H2. The number of anilines is 1. The fraction of sp³-hybridized carbons (Fsp3) is 0.227. The Morgan fingerprint density at radius 2 is 1.69 bits per heavy atom. The first-order chi connectivity index (χ1) is 15.7. The largest absolute Gasteiger partial charge is 0.454 e. The fourth-order valence-electron chi connectivity index (χ4n) is 3.94. The SMILES string of the molecule is O=C(c1ccc2nsnc2c1)N1CCN(c2ccc(-c3ccc4c(c3)OCO4)nn2)CC1. The van der Waals surface area contributed by atoms with Gasteiger partial charge in [0.1, 0.15) is 11.0 Å². The monoisotopic (exact) mass is 446 g/mol. The highest BCUT2D eigenvalue weighted by Crippen LogP contribution is 2.35. The van der Waals surface area contributed by atoms with Crippen molar-refractivity contribution in [3.8, 4) is 22.8 Å². The predicted octanol–water partition coefficient (Wildman–Crippen LogP) is 2.84. The van der Waals surface area contributed by atoms with E-state index in [4.69, 9.17) is 9.47 Å². The highest BCUT2D eigenvalue weighted by Gasteiger charge is 2.24. The topological polar surface area (TPSA) is 93.6 Å². The molecule has 4 heterocycles. The molecule has 10 heteroatoms. The van der Waals surface area contributed by atoms with E-state index in [1.807, 2.05) is 53.4 Å². The predicted molar refractivity (Wildman–Crippen MR) is 119 cm³/mol. The molecule has 32 heavy (non-hydrogen) atoms. The number of ether oxygens (including phenoxy) is 2. The van der Waals surface area contributed by atoms with Crippen molar-refractivity contribution in [1.82, 2.24) is 23.8 Å². The highest BCUT2D eigenvalue weighted by molar-refractivity contribution is 7.00. The molecule has 0 spiro atoms. The second-order valence-electron chi connectivity index (χ2n) is 7.59. The summed E-state index contributed by atoms with van der Waals surface area (Å²) in [5, 5.41) is 8.81. The van der Waals surface area contributed by atoms with Gasteiger partial charge < -0.3 is 19.3 Å². The third kappa shape index (κ3) is 3.38. The van der Waals surface area contributed by atoms with Crippen molar-refractivity contribution in [1.29, 1.82) is 0 Å². The summed E-state index contributed by atoms with van der Waals surface area (Å²) >= 11 is 1.16. The first kappa shape index (κ1) is 18.9. The van der Waals surface area contributed by atoms with Crippen LogP contribution in [0.15, 0.2) is 48.5 Å². The van der Waals surface area contributed by atoms with Gasteiger partial charge >= 0.3 is 0 Å². The Kier molecular flexibility index (Phi) is 4.57. The van der Waals surface area contributed by atoms with E-state index in [1.54, 1.807) is 0 Å². The Balaban J connectivity index is 1.12. The van der Waals surface area contributed by atoms with Crippen molar-refractivity contribution in [2.24, 2.45) is 0 Å². The number of hydrogen-bond acceptors (Lipinski definition) is 9. The van der Waals surface area contributed by atoms with E-state index < -0.39 is 0 Å². The third-order valence-corrected chi connectivity index (χ3v) is 6.27. The molecule has 9 nitrogen and oxygen atoms in total. The zero-order valence-electron chi connectivity index (χ0n) is 17.0. The summed E-state index contributed by atoms with van der Waals surface area (Å²) in [5.41, 5.74) is 3.92. The summed E-state index contributed by atoms with van der Waals surface area (Å²) in [6.07, 6.45) is 0. The molecule has 2 aliphatic rings. The van der Waals surface area contributed by atoms with Crippen molar-refractivity contribution < 1.29 is 14.3 Å². The molecule has 2 aromatic heterocycles. The molecule has 1 saturated heterocycles. The number of hydrogen-bond donors (Lipinski definition) is 0. The van der Waals surface area contributed by atoms with Crippen molar-refractivity contribution in [2.45, 2.75) is 0 Å². The van der Waals surface area contributed by atoms with Crippen LogP contribution in [-0.4, -0.2) is 62.7 Å². The summed E-state index contributed by atoms with van der Waals surface area (Å²) in [6.45, 7) is 2.89. The van der Waals surface area contributed by atoms with Crippen LogP contribution >= 0.6 is 11.7 Å². The number of aromatic nitrogens is 4. The van der Waals surface area contributed by atoms with Gasteiger partial charge in [0, 0.05) is 37.3 Å². The van der Waals surface area contributed by atoms with E-state index in [9.17, 15) is 4.79 Å². The molecular weight excluding hydrogens is 428 g/mol.